The minimum Gasteiger partial charge on any atom is -0.311 e. The number of rotatable bonds is 7. The zero-order chi connectivity index (χ0) is 37.4. The average molecular weight is 720 g/mol. The fourth-order valence-corrected chi connectivity index (χ4v) is 7.10. The zero-order valence-corrected chi connectivity index (χ0v) is 29.5. The van der Waals surface area contributed by atoms with E-state index in [0.29, 0.717) is 0 Å². The molecule has 0 aliphatic carbocycles. The van der Waals surface area contributed by atoms with Crippen LogP contribution in [0.5, 0.6) is 0 Å². The highest BCUT2D eigenvalue weighted by Crippen LogP contribution is 2.39. The number of nitrogens with zero attached hydrogens (tertiary/aromatic N) is 3. The smallest absolute Gasteiger partial charge is 0.311 e. The van der Waals surface area contributed by atoms with E-state index in [1.807, 2.05) is 78.9 Å². The molecule has 0 radical (unpaired) electrons. The summed E-state index contributed by atoms with van der Waals surface area (Å²) in [6.45, 7) is 0. The van der Waals surface area contributed by atoms with Crippen LogP contribution in [-0.2, 0) is 6.18 Å². The molecule has 1 aromatic heterocycles. The van der Waals surface area contributed by atoms with Gasteiger partial charge in [-0.1, -0.05) is 133 Å². The summed E-state index contributed by atoms with van der Waals surface area (Å²) < 4.78 is 39.4. The first-order valence-electron chi connectivity index (χ1n) is 18.0. The monoisotopic (exact) mass is 719 g/mol. The Morgan fingerprint density at radius 2 is 0.836 bits per heavy atom. The van der Waals surface area contributed by atoms with E-state index >= 15 is 0 Å². The minimum atomic E-state index is -4.37. The third-order valence-corrected chi connectivity index (χ3v) is 9.89. The van der Waals surface area contributed by atoms with Gasteiger partial charge in [0, 0.05) is 33.6 Å². The van der Waals surface area contributed by atoms with Crippen molar-refractivity contribution in [2.24, 2.45) is 0 Å². The molecule has 9 rings (SSSR count). The maximum absolute atomic E-state index is 13.1. The predicted molar refractivity (Wildman–Crippen MR) is 218 cm³/mol. The van der Waals surface area contributed by atoms with Gasteiger partial charge in [0.1, 0.15) is 0 Å². The number of hydrogen-bond acceptors (Lipinski definition) is 3. The molecule has 8 aromatic carbocycles. The standard InChI is InChI=1S/C49H32F3N3/c50-49(51,52)40-24-16-33(17-25-40)34-18-26-42(27-19-34)55(41-14-8-3-9-15-41)43-28-20-35(21-29-43)38-22-30-44-39(32-38)23-31-45-48(44)54-47(37-12-6-2-7-13-37)46(53-45)36-10-4-1-5-11-36/h1-32H. The van der Waals surface area contributed by atoms with Crippen LogP contribution < -0.4 is 4.90 Å². The average Bonchev–Trinajstić information content (AvgIpc) is 3.24. The second kappa shape index (κ2) is 14.1. The maximum atomic E-state index is 13.1. The van der Waals surface area contributed by atoms with Crippen LogP contribution in [0.4, 0.5) is 30.2 Å². The summed E-state index contributed by atoms with van der Waals surface area (Å²) in [5, 5.41) is 2.12. The Balaban J connectivity index is 1.05. The molecule has 0 spiro atoms. The van der Waals surface area contributed by atoms with Gasteiger partial charge in [0.15, 0.2) is 0 Å². The third kappa shape index (κ3) is 6.70. The van der Waals surface area contributed by atoms with Gasteiger partial charge >= 0.3 is 6.18 Å². The van der Waals surface area contributed by atoms with Crippen molar-refractivity contribution >= 4 is 38.9 Å². The third-order valence-electron chi connectivity index (χ3n) is 9.89. The Morgan fingerprint density at radius 1 is 0.382 bits per heavy atom. The number of benzene rings is 8. The Hall–Kier alpha value is -7.05. The molecule has 6 heteroatoms. The Labute approximate surface area is 316 Å². The van der Waals surface area contributed by atoms with Gasteiger partial charge in [-0.15, -0.1) is 0 Å². The molecule has 0 amide bonds. The van der Waals surface area contributed by atoms with Crippen LogP contribution in [-0.4, -0.2) is 9.97 Å². The fourth-order valence-electron chi connectivity index (χ4n) is 7.10. The molecular weight excluding hydrogens is 688 g/mol. The molecule has 0 saturated carbocycles. The van der Waals surface area contributed by atoms with Crippen molar-refractivity contribution in [3.05, 3.63) is 200 Å². The van der Waals surface area contributed by atoms with Crippen molar-refractivity contribution < 1.29 is 13.2 Å². The number of anilines is 3. The molecule has 0 unspecified atom stereocenters. The number of alkyl halides is 3. The fraction of sp³-hybridized carbons (Fsp3) is 0.0204. The van der Waals surface area contributed by atoms with E-state index < -0.39 is 11.7 Å². The lowest BCUT2D eigenvalue weighted by atomic mass is 9.99. The number of fused-ring (bicyclic) bond motifs is 3. The number of para-hydroxylation sites is 1. The molecule has 3 nitrogen and oxygen atoms in total. The summed E-state index contributed by atoms with van der Waals surface area (Å²) in [5.41, 5.74) is 11.4. The Bertz CT molecular complexity index is 2750. The van der Waals surface area contributed by atoms with E-state index in [4.69, 9.17) is 9.97 Å². The van der Waals surface area contributed by atoms with E-state index in [0.717, 1.165) is 95.8 Å². The van der Waals surface area contributed by atoms with Gasteiger partial charge < -0.3 is 4.90 Å². The zero-order valence-electron chi connectivity index (χ0n) is 29.5. The summed E-state index contributed by atoms with van der Waals surface area (Å²) in [5.74, 6) is 0. The van der Waals surface area contributed by atoms with Crippen LogP contribution in [0.15, 0.2) is 194 Å². The summed E-state index contributed by atoms with van der Waals surface area (Å²) in [6, 6.07) is 62.8. The maximum Gasteiger partial charge on any atom is 0.416 e. The predicted octanol–water partition coefficient (Wildman–Crippen LogP) is 13.9. The van der Waals surface area contributed by atoms with Crippen LogP contribution in [0, 0.1) is 0 Å². The number of hydrogen-bond donors (Lipinski definition) is 0. The van der Waals surface area contributed by atoms with Crippen molar-refractivity contribution in [3.8, 4) is 44.8 Å². The quantitative estimate of drug-likeness (QED) is 0.154. The van der Waals surface area contributed by atoms with Crippen LogP contribution in [0.3, 0.4) is 0 Å². The summed E-state index contributed by atoms with van der Waals surface area (Å²) in [6.07, 6.45) is -4.37. The van der Waals surface area contributed by atoms with E-state index in [1.165, 1.54) is 12.1 Å². The second-order valence-electron chi connectivity index (χ2n) is 13.4. The molecule has 0 bridgehead atoms. The molecule has 1 heterocycles. The second-order valence-corrected chi connectivity index (χ2v) is 13.4. The molecule has 264 valence electrons. The lowest BCUT2D eigenvalue weighted by Crippen LogP contribution is -2.09. The molecule has 0 atom stereocenters. The molecule has 9 aromatic rings. The van der Waals surface area contributed by atoms with Gasteiger partial charge in [-0.25, -0.2) is 9.97 Å². The summed E-state index contributed by atoms with van der Waals surface area (Å²) in [4.78, 5) is 12.6. The van der Waals surface area contributed by atoms with Gasteiger partial charge in [0.2, 0.25) is 0 Å². The molecule has 0 saturated heterocycles. The normalized spacial score (nSPS) is 11.5. The van der Waals surface area contributed by atoms with Crippen molar-refractivity contribution in [2.45, 2.75) is 6.18 Å². The van der Waals surface area contributed by atoms with Crippen LogP contribution in [0.1, 0.15) is 5.56 Å². The highest BCUT2D eigenvalue weighted by atomic mass is 19.4. The summed E-state index contributed by atoms with van der Waals surface area (Å²) >= 11 is 0. The molecule has 0 N–H and O–H groups in total. The van der Waals surface area contributed by atoms with Gasteiger partial charge in [0.25, 0.3) is 0 Å². The van der Waals surface area contributed by atoms with Crippen molar-refractivity contribution in [1.29, 1.82) is 0 Å². The van der Waals surface area contributed by atoms with Gasteiger partial charge in [-0.3, -0.25) is 0 Å². The minimum absolute atomic E-state index is 0.659. The van der Waals surface area contributed by atoms with Crippen molar-refractivity contribution in [3.63, 3.8) is 0 Å². The lowest BCUT2D eigenvalue weighted by Gasteiger charge is -2.26. The van der Waals surface area contributed by atoms with Crippen LogP contribution in [0.25, 0.3) is 66.6 Å². The molecule has 55 heavy (non-hydrogen) atoms. The molecule has 0 aliphatic rings. The van der Waals surface area contributed by atoms with Gasteiger partial charge in [-0.2, -0.15) is 13.2 Å². The number of halogens is 3. The topological polar surface area (TPSA) is 29.0 Å². The van der Waals surface area contributed by atoms with Gasteiger partial charge in [-0.05, 0) is 88.3 Å². The molecular formula is C49H32F3N3. The van der Waals surface area contributed by atoms with Crippen LogP contribution >= 0.6 is 0 Å². The molecule has 0 fully saturated rings. The van der Waals surface area contributed by atoms with E-state index in [-0.39, 0.29) is 0 Å². The van der Waals surface area contributed by atoms with Crippen molar-refractivity contribution in [1.82, 2.24) is 9.97 Å². The molecule has 0 aliphatic heterocycles. The first-order chi connectivity index (χ1) is 26.9. The van der Waals surface area contributed by atoms with Crippen LogP contribution in [0.2, 0.25) is 0 Å². The first kappa shape index (κ1) is 33.8. The van der Waals surface area contributed by atoms with E-state index in [2.05, 4.69) is 95.9 Å². The number of aromatic nitrogens is 2. The largest absolute Gasteiger partial charge is 0.416 e. The van der Waals surface area contributed by atoms with E-state index in [1.54, 1.807) is 0 Å². The lowest BCUT2D eigenvalue weighted by molar-refractivity contribution is -0.137. The summed E-state index contributed by atoms with van der Waals surface area (Å²) in [7, 11) is 0. The van der Waals surface area contributed by atoms with Gasteiger partial charge in [0.05, 0.1) is 28.0 Å². The first-order valence-corrected chi connectivity index (χ1v) is 18.0. The highest BCUT2D eigenvalue weighted by molar-refractivity contribution is 6.06. The SMILES string of the molecule is FC(F)(F)c1ccc(-c2ccc(N(c3ccccc3)c3ccc(-c4ccc5c(ccc6nc(-c7ccccc7)c(-c7ccccc7)nc65)c4)cc3)cc2)cc1. The Morgan fingerprint density at radius 3 is 1.38 bits per heavy atom. The highest BCUT2D eigenvalue weighted by Gasteiger charge is 2.30. The Kier molecular flexibility index (Phi) is 8.63. The van der Waals surface area contributed by atoms with E-state index in [9.17, 15) is 13.2 Å². The van der Waals surface area contributed by atoms with Crippen molar-refractivity contribution in [2.75, 3.05) is 4.90 Å².